The molecule has 0 saturated carbocycles. The second kappa shape index (κ2) is 10.1. The third kappa shape index (κ3) is 6.66. The fourth-order valence-electron chi connectivity index (χ4n) is 3.28. The van der Waals surface area contributed by atoms with Gasteiger partial charge in [-0.15, -0.1) is 10.2 Å². The highest BCUT2D eigenvalue weighted by Crippen LogP contribution is 2.31. The Morgan fingerprint density at radius 1 is 1.13 bits per heavy atom. The maximum atomic E-state index is 9.83. The largest absolute Gasteiger partial charge is 0.504 e. The van der Waals surface area contributed by atoms with E-state index in [4.69, 9.17) is 32.5 Å². The molecule has 0 aliphatic carbocycles. The molecule has 1 unspecified atom stereocenters. The molecule has 2 aromatic carbocycles. The molecule has 9 nitrogen and oxygen atoms in total. The van der Waals surface area contributed by atoms with Gasteiger partial charge in [-0.25, -0.2) is 23.6 Å². The fraction of sp³-hybridized carbons (Fsp3) is 0.286. The van der Waals surface area contributed by atoms with E-state index in [1.54, 1.807) is 12.1 Å². The van der Waals surface area contributed by atoms with Crippen LogP contribution in [0.2, 0.25) is 0 Å². The van der Waals surface area contributed by atoms with Gasteiger partial charge in [-0.2, -0.15) is 0 Å². The molecule has 0 bridgehead atoms. The number of phenols is 1. The van der Waals surface area contributed by atoms with E-state index in [1.165, 1.54) is 7.11 Å². The number of aromatic hydroxyl groups is 1. The second-order valence-electron chi connectivity index (χ2n) is 6.80. The Morgan fingerprint density at radius 3 is 2.55 bits per heavy atom. The zero-order valence-corrected chi connectivity index (χ0v) is 17.5. The van der Waals surface area contributed by atoms with Gasteiger partial charge in [0.1, 0.15) is 17.4 Å². The van der Waals surface area contributed by atoms with Crippen LogP contribution in [0.5, 0.6) is 11.5 Å². The first-order chi connectivity index (χ1) is 14.7. The fourth-order valence-corrected chi connectivity index (χ4v) is 3.28. The van der Waals surface area contributed by atoms with Crippen molar-refractivity contribution < 1.29 is 52.9 Å². The van der Waals surface area contributed by atoms with Crippen molar-refractivity contribution in [3.05, 3.63) is 53.9 Å². The lowest BCUT2D eigenvalue weighted by atomic mass is 10.1. The predicted octanol–water partition coefficient (Wildman–Crippen LogP) is -2.78. The predicted molar refractivity (Wildman–Crippen MR) is 97.8 cm³/mol. The number of methoxy groups -OCH3 is 1. The summed E-state index contributed by atoms with van der Waals surface area (Å²) < 4.78 is 51.0. The minimum atomic E-state index is -4.94. The highest BCUT2D eigenvalue weighted by atomic mass is 35.7. The van der Waals surface area contributed by atoms with Crippen molar-refractivity contribution in [3.8, 4) is 22.8 Å². The van der Waals surface area contributed by atoms with E-state index in [9.17, 15) is 5.11 Å². The van der Waals surface area contributed by atoms with Gasteiger partial charge in [0.05, 0.1) is 18.6 Å². The molecule has 0 radical (unpaired) electrons. The smallest absolute Gasteiger partial charge is 0.213 e. The summed E-state index contributed by atoms with van der Waals surface area (Å²) in [7, 11) is -3.41. The molecule has 4 rings (SSSR count). The lowest BCUT2D eigenvalue weighted by Gasteiger charge is -2.17. The van der Waals surface area contributed by atoms with Crippen LogP contribution in [0, 0.1) is 10.2 Å². The molecule has 31 heavy (non-hydrogen) atoms. The Bertz CT molecular complexity index is 1080. The maximum Gasteiger partial charge on any atom is 0.213 e. The molecule has 2 N–H and O–H groups in total. The Morgan fingerprint density at radius 2 is 1.87 bits per heavy atom. The second-order valence-corrected chi connectivity index (χ2v) is 7.56. The van der Waals surface area contributed by atoms with Gasteiger partial charge in [0, 0.05) is 12.2 Å². The zero-order valence-electron chi connectivity index (χ0n) is 16.7. The summed E-state index contributed by atoms with van der Waals surface area (Å²) in [5.41, 5.74) is 1.64. The number of phenolic OH excluding ortho intramolecular Hbond substituents is 1. The molecule has 10 heteroatoms. The molecule has 166 valence electrons. The number of halogens is 1. The van der Waals surface area contributed by atoms with Crippen LogP contribution in [0.15, 0.2) is 52.9 Å². The first kappa shape index (κ1) is 23.0. The number of fused-ring (bicyclic) bond motifs is 1. The van der Waals surface area contributed by atoms with Crippen LogP contribution in [-0.4, -0.2) is 31.5 Å². The number of para-hydroxylation sites is 1. The average Bonchev–Trinajstić information content (AvgIpc) is 3.24. The van der Waals surface area contributed by atoms with Crippen LogP contribution in [0.1, 0.15) is 12.8 Å². The Balaban J connectivity index is 0.000000491. The van der Waals surface area contributed by atoms with Crippen molar-refractivity contribution in [3.63, 3.8) is 0 Å². The number of hydrogen-bond acceptors (Lipinski definition) is 8. The van der Waals surface area contributed by atoms with Gasteiger partial charge in [-0.3, -0.25) is 0 Å². The van der Waals surface area contributed by atoms with E-state index in [2.05, 4.69) is 4.99 Å². The van der Waals surface area contributed by atoms with E-state index in [-0.39, 0.29) is 11.9 Å². The SMILES string of the molecule is COc1cc(-c2cc(=[NH+]CC3CCCO3)c3ccccc3o2)ccc1O.[O-][Cl+3]([O-])([O-])[O-]. The van der Waals surface area contributed by atoms with E-state index >= 15 is 0 Å². The summed E-state index contributed by atoms with van der Waals surface area (Å²) in [6.07, 6.45) is 2.46. The van der Waals surface area contributed by atoms with Crippen molar-refractivity contribution in [1.82, 2.24) is 0 Å². The summed E-state index contributed by atoms with van der Waals surface area (Å²) in [6, 6.07) is 15.1. The summed E-state index contributed by atoms with van der Waals surface area (Å²) in [5.74, 6) is 1.23. The summed E-state index contributed by atoms with van der Waals surface area (Å²) in [5, 5.41) is 11.9. The Labute approximate surface area is 180 Å². The molecule has 0 amide bonds. The lowest BCUT2D eigenvalue weighted by Crippen LogP contribution is -2.79. The standard InChI is InChI=1S/C21H21NO4.ClHO4/c1-24-21-11-14(8-9-18(21)23)20-12-17(22-13-15-5-4-10-25-15)16-6-2-3-7-19(16)26-20;2-1(3,4)5/h2-3,6-9,11-12,15,23H,4-5,10,13H2,1H3;(H,2,3,4,5). The molecule has 1 aliphatic rings. The molecule has 3 aromatic rings. The lowest BCUT2D eigenvalue weighted by molar-refractivity contribution is -2.00. The number of nitrogens with one attached hydrogen (secondary N) is 1. The van der Waals surface area contributed by atoms with Crippen molar-refractivity contribution in [2.24, 2.45) is 0 Å². The first-order valence-corrected chi connectivity index (χ1v) is 10.7. The quantitative estimate of drug-likeness (QED) is 0.431. The van der Waals surface area contributed by atoms with Crippen LogP contribution < -0.4 is 33.7 Å². The van der Waals surface area contributed by atoms with E-state index in [0.717, 1.165) is 47.9 Å². The average molecular weight is 452 g/mol. The van der Waals surface area contributed by atoms with E-state index in [0.29, 0.717) is 11.5 Å². The van der Waals surface area contributed by atoms with Crippen LogP contribution in [0.25, 0.3) is 22.3 Å². The van der Waals surface area contributed by atoms with Crippen LogP contribution in [0.3, 0.4) is 0 Å². The van der Waals surface area contributed by atoms with Crippen molar-refractivity contribution in [2.75, 3.05) is 20.3 Å². The molecular formula is C21H22ClNO8. The van der Waals surface area contributed by atoms with Gasteiger partial charge in [-0.1, -0.05) is 12.1 Å². The van der Waals surface area contributed by atoms with Gasteiger partial charge in [0.25, 0.3) is 0 Å². The number of ether oxygens (including phenoxy) is 2. The maximum absolute atomic E-state index is 9.83. The highest BCUT2D eigenvalue weighted by Gasteiger charge is 2.18. The van der Waals surface area contributed by atoms with Crippen LogP contribution in [-0.2, 0) is 4.74 Å². The normalized spacial score (nSPS) is 16.8. The Kier molecular flexibility index (Phi) is 7.50. The van der Waals surface area contributed by atoms with Gasteiger partial charge >= 0.3 is 0 Å². The third-order valence-corrected chi connectivity index (χ3v) is 4.68. The van der Waals surface area contributed by atoms with Gasteiger partial charge < -0.3 is 19.0 Å². The molecular weight excluding hydrogens is 430 g/mol. The van der Waals surface area contributed by atoms with E-state index in [1.807, 2.05) is 36.4 Å². The van der Waals surface area contributed by atoms with Crippen LogP contribution in [0.4, 0.5) is 0 Å². The molecule has 1 atom stereocenters. The summed E-state index contributed by atoms with van der Waals surface area (Å²) in [6.45, 7) is 1.61. The topological polar surface area (TPSA) is 158 Å². The summed E-state index contributed by atoms with van der Waals surface area (Å²) >= 11 is 0. The van der Waals surface area contributed by atoms with Crippen molar-refractivity contribution in [2.45, 2.75) is 18.9 Å². The van der Waals surface area contributed by atoms with E-state index < -0.39 is 10.2 Å². The number of hydrogen-bond donors (Lipinski definition) is 2. The first-order valence-electron chi connectivity index (χ1n) is 9.45. The van der Waals surface area contributed by atoms with Crippen molar-refractivity contribution in [1.29, 1.82) is 0 Å². The summed E-state index contributed by atoms with van der Waals surface area (Å²) in [4.78, 5) is 3.51. The number of benzene rings is 2. The zero-order chi connectivity index (χ0) is 22.4. The molecule has 1 aliphatic heterocycles. The third-order valence-electron chi connectivity index (χ3n) is 4.68. The molecule has 0 spiro atoms. The van der Waals surface area contributed by atoms with Crippen molar-refractivity contribution >= 4 is 11.0 Å². The monoisotopic (exact) mass is 451 g/mol. The minimum absolute atomic E-state index is 0.105. The molecule has 1 aromatic heterocycles. The molecule has 1 saturated heterocycles. The highest BCUT2D eigenvalue weighted by molar-refractivity contribution is 5.78. The van der Waals surface area contributed by atoms with Gasteiger partial charge in [0.2, 0.25) is 5.36 Å². The molecule has 2 heterocycles. The number of rotatable bonds is 4. The minimum Gasteiger partial charge on any atom is -0.504 e. The van der Waals surface area contributed by atoms with Crippen LogP contribution >= 0.6 is 0 Å². The van der Waals surface area contributed by atoms with Gasteiger partial charge in [-0.05, 0) is 43.2 Å². The molecule has 1 fully saturated rings. The Hall–Kier alpha value is -2.66. The van der Waals surface area contributed by atoms with Gasteiger partial charge in [0.15, 0.2) is 18.0 Å².